The van der Waals surface area contributed by atoms with E-state index in [-0.39, 0.29) is 5.66 Å². The van der Waals surface area contributed by atoms with Crippen molar-refractivity contribution in [3.8, 4) is 0 Å². The van der Waals surface area contributed by atoms with Crippen LogP contribution in [0.5, 0.6) is 0 Å². The first kappa shape index (κ1) is 7.50. The second-order valence-corrected chi connectivity index (χ2v) is 3.32. The molecule has 0 bridgehead atoms. The quantitative estimate of drug-likeness (QED) is 0.654. The molecular formula is C10H12N2. The van der Waals surface area contributed by atoms with Gasteiger partial charge in [0.05, 0.1) is 0 Å². The normalized spacial score (nSPS) is 32.9. The van der Waals surface area contributed by atoms with Crippen molar-refractivity contribution in [1.29, 1.82) is 0 Å². The van der Waals surface area contributed by atoms with Crippen LogP contribution < -0.4 is 5.73 Å². The molecule has 2 atom stereocenters. The smallest absolute Gasteiger partial charge is 0.115 e. The van der Waals surface area contributed by atoms with Gasteiger partial charge in [0.25, 0.3) is 0 Å². The molecular weight excluding hydrogens is 148 g/mol. The Kier molecular flexibility index (Phi) is 1.51. The van der Waals surface area contributed by atoms with Crippen molar-refractivity contribution in [2.45, 2.75) is 18.0 Å². The number of nitrogens with zero attached hydrogens (tertiary/aromatic N) is 1. The fourth-order valence-electron chi connectivity index (χ4n) is 1.53. The van der Waals surface area contributed by atoms with Crippen molar-refractivity contribution in [2.75, 3.05) is 0 Å². The van der Waals surface area contributed by atoms with Crippen LogP contribution in [-0.2, 0) is 0 Å². The van der Waals surface area contributed by atoms with Crippen molar-refractivity contribution >= 4 is 6.72 Å². The summed E-state index contributed by atoms with van der Waals surface area (Å²) in [4.78, 5) is 3.92. The van der Waals surface area contributed by atoms with Gasteiger partial charge in [-0.15, -0.1) is 0 Å². The lowest BCUT2D eigenvalue weighted by atomic mass is 10.1. The van der Waals surface area contributed by atoms with Crippen molar-refractivity contribution in [3.63, 3.8) is 0 Å². The molecule has 62 valence electrons. The van der Waals surface area contributed by atoms with Gasteiger partial charge in [-0.25, -0.2) is 0 Å². The van der Waals surface area contributed by atoms with Crippen LogP contribution in [0, 0.1) is 0 Å². The largest absolute Gasteiger partial charge is 0.307 e. The zero-order valence-corrected chi connectivity index (χ0v) is 6.90. The summed E-state index contributed by atoms with van der Waals surface area (Å²) in [5.41, 5.74) is 6.79. The summed E-state index contributed by atoms with van der Waals surface area (Å²) in [5, 5.41) is 0. The topological polar surface area (TPSA) is 38.4 Å². The van der Waals surface area contributed by atoms with Crippen LogP contribution in [0.2, 0.25) is 0 Å². The fourth-order valence-corrected chi connectivity index (χ4v) is 1.53. The van der Waals surface area contributed by atoms with E-state index in [1.54, 1.807) is 0 Å². The Morgan fingerprint density at radius 2 is 2.08 bits per heavy atom. The first-order valence-electron chi connectivity index (χ1n) is 4.08. The first-order chi connectivity index (χ1) is 5.76. The van der Waals surface area contributed by atoms with E-state index in [9.17, 15) is 0 Å². The number of benzene rings is 1. The molecule has 1 saturated carbocycles. The highest BCUT2D eigenvalue weighted by atomic mass is 15.1. The van der Waals surface area contributed by atoms with E-state index < -0.39 is 0 Å². The Bertz CT molecular complexity index is 294. The second-order valence-electron chi connectivity index (χ2n) is 3.32. The maximum Gasteiger partial charge on any atom is 0.115 e. The van der Waals surface area contributed by atoms with Gasteiger partial charge in [0.15, 0.2) is 0 Å². The average molecular weight is 160 g/mol. The van der Waals surface area contributed by atoms with E-state index in [1.165, 1.54) is 5.56 Å². The van der Waals surface area contributed by atoms with Gasteiger partial charge in [-0.2, -0.15) is 0 Å². The van der Waals surface area contributed by atoms with E-state index in [4.69, 9.17) is 5.73 Å². The summed E-state index contributed by atoms with van der Waals surface area (Å²) in [5.74, 6) is 0.385. The Morgan fingerprint density at radius 3 is 2.58 bits per heavy atom. The van der Waals surface area contributed by atoms with Crippen LogP contribution in [0.4, 0.5) is 0 Å². The molecule has 0 amide bonds. The summed E-state index contributed by atoms with van der Waals surface area (Å²) < 4.78 is 0. The van der Waals surface area contributed by atoms with Gasteiger partial charge in [-0.05, 0) is 18.7 Å². The summed E-state index contributed by atoms with van der Waals surface area (Å²) in [6.07, 6.45) is 0.931. The predicted molar refractivity (Wildman–Crippen MR) is 50.3 cm³/mol. The predicted octanol–water partition coefficient (Wildman–Crippen LogP) is 1.53. The monoisotopic (exact) mass is 160 g/mol. The molecule has 12 heavy (non-hydrogen) atoms. The Balaban J connectivity index is 2.21. The first-order valence-corrected chi connectivity index (χ1v) is 4.08. The molecule has 0 unspecified atom stereocenters. The van der Waals surface area contributed by atoms with E-state index in [1.807, 2.05) is 18.2 Å². The molecule has 0 aliphatic heterocycles. The van der Waals surface area contributed by atoms with Crippen LogP contribution in [0.25, 0.3) is 0 Å². The highest BCUT2D eigenvalue weighted by Crippen LogP contribution is 2.49. The third-order valence-corrected chi connectivity index (χ3v) is 2.47. The zero-order valence-electron chi connectivity index (χ0n) is 6.90. The fraction of sp³-hybridized carbons (Fsp3) is 0.300. The second kappa shape index (κ2) is 2.42. The van der Waals surface area contributed by atoms with Crippen LogP contribution in [0.1, 0.15) is 17.9 Å². The molecule has 0 saturated heterocycles. The lowest BCUT2D eigenvalue weighted by Crippen LogP contribution is -2.20. The minimum Gasteiger partial charge on any atom is -0.307 e. The molecule has 0 spiro atoms. The lowest BCUT2D eigenvalue weighted by molar-refractivity contribution is 0.697. The third kappa shape index (κ3) is 1.04. The number of nitrogens with two attached hydrogens (primary N) is 1. The minimum absolute atomic E-state index is 0.374. The van der Waals surface area contributed by atoms with Crippen molar-refractivity contribution < 1.29 is 0 Å². The van der Waals surface area contributed by atoms with Gasteiger partial charge in [0.2, 0.25) is 0 Å². The molecule has 0 heterocycles. The van der Waals surface area contributed by atoms with Gasteiger partial charge >= 0.3 is 0 Å². The molecule has 1 aromatic rings. The molecule has 2 N–H and O–H groups in total. The zero-order chi connectivity index (χ0) is 8.60. The van der Waals surface area contributed by atoms with E-state index in [2.05, 4.69) is 23.8 Å². The molecule has 0 aromatic heterocycles. The molecule has 2 nitrogen and oxygen atoms in total. The summed E-state index contributed by atoms with van der Waals surface area (Å²) >= 11 is 0. The summed E-state index contributed by atoms with van der Waals surface area (Å²) in [7, 11) is 0. The number of rotatable bonds is 2. The SMILES string of the molecule is C=N[C@@]1(N)C[C@H]1c1ccccc1. The summed E-state index contributed by atoms with van der Waals surface area (Å²) in [6, 6.07) is 10.2. The highest BCUT2D eigenvalue weighted by Gasteiger charge is 2.51. The van der Waals surface area contributed by atoms with Crippen molar-refractivity contribution in [1.82, 2.24) is 0 Å². The molecule has 1 fully saturated rings. The molecule has 2 rings (SSSR count). The van der Waals surface area contributed by atoms with Gasteiger partial charge < -0.3 is 5.73 Å². The number of hydrogen-bond acceptors (Lipinski definition) is 2. The van der Waals surface area contributed by atoms with Gasteiger partial charge in [-0.1, -0.05) is 30.3 Å². The Hall–Kier alpha value is -1.15. The van der Waals surface area contributed by atoms with Crippen molar-refractivity contribution in [3.05, 3.63) is 35.9 Å². The summed E-state index contributed by atoms with van der Waals surface area (Å²) in [6.45, 7) is 3.50. The Labute approximate surface area is 72.1 Å². The molecule has 1 aromatic carbocycles. The average Bonchev–Trinajstić information content (AvgIpc) is 2.81. The van der Waals surface area contributed by atoms with Gasteiger partial charge in [0.1, 0.15) is 5.66 Å². The minimum atomic E-state index is -0.374. The molecule has 0 radical (unpaired) electrons. The third-order valence-electron chi connectivity index (χ3n) is 2.47. The Morgan fingerprint density at radius 1 is 1.42 bits per heavy atom. The standard InChI is InChI=1S/C10H12N2/c1-12-10(11)7-9(10)8-5-3-2-4-6-8/h2-6,9H,1,7,11H2/t9-,10-/m0/s1. The maximum atomic E-state index is 5.89. The van der Waals surface area contributed by atoms with Crippen LogP contribution in [-0.4, -0.2) is 12.4 Å². The van der Waals surface area contributed by atoms with Crippen LogP contribution >= 0.6 is 0 Å². The van der Waals surface area contributed by atoms with E-state index in [0.717, 1.165) is 6.42 Å². The number of aliphatic imine (C=N–C) groups is 1. The molecule has 1 aliphatic rings. The maximum absolute atomic E-state index is 5.89. The van der Waals surface area contributed by atoms with Crippen LogP contribution in [0.15, 0.2) is 35.3 Å². The van der Waals surface area contributed by atoms with E-state index in [0.29, 0.717) is 5.92 Å². The van der Waals surface area contributed by atoms with E-state index >= 15 is 0 Å². The number of hydrogen-bond donors (Lipinski definition) is 1. The van der Waals surface area contributed by atoms with Crippen molar-refractivity contribution in [2.24, 2.45) is 10.7 Å². The van der Waals surface area contributed by atoms with Crippen LogP contribution in [0.3, 0.4) is 0 Å². The lowest BCUT2D eigenvalue weighted by Gasteiger charge is -2.03. The van der Waals surface area contributed by atoms with Gasteiger partial charge in [-0.3, -0.25) is 4.99 Å². The molecule has 1 aliphatic carbocycles. The van der Waals surface area contributed by atoms with Gasteiger partial charge in [0, 0.05) is 5.92 Å². The molecule has 2 heteroatoms. The highest BCUT2D eigenvalue weighted by molar-refractivity contribution is 5.37.